The van der Waals surface area contributed by atoms with Gasteiger partial charge in [-0.1, -0.05) is 36.4 Å². The number of fused-ring (bicyclic) bond motifs is 1. The molecule has 0 bridgehead atoms. The monoisotopic (exact) mass is 441 g/mol. The third-order valence-electron chi connectivity index (χ3n) is 7.38. The number of hydrogen-bond donors (Lipinski definition) is 2. The number of rotatable bonds is 5. The van der Waals surface area contributed by atoms with E-state index < -0.39 is 6.10 Å². The van der Waals surface area contributed by atoms with E-state index in [4.69, 9.17) is 0 Å². The molecule has 3 aromatic rings. The first kappa shape index (κ1) is 20.6. The lowest BCUT2D eigenvalue weighted by molar-refractivity contribution is 0.0293. The summed E-state index contributed by atoms with van der Waals surface area (Å²) >= 11 is 0. The zero-order valence-electron chi connectivity index (χ0n) is 18.9. The Balaban J connectivity index is 1.10. The van der Waals surface area contributed by atoms with Crippen molar-refractivity contribution in [2.24, 2.45) is 0 Å². The van der Waals surface area contributed by atoms with Crippen LogP contribution in [-0.2, 0) is 13.0 Å². The molecule has 3 aliphatic rings. The van der Waals surface area contributed by atoms with Crippen LogP contribution in [0.15, 0.2) is 60.9 Å². The molecule has 2 aliphatic heterocycles. The minimum Gasteiger partial charge on any atom is -0.390 e. The van der Waals surface area contributed by atoms with E-state index in [1.807, 2.05) is 6.07 Å². The SMILES string of the molecule is O[C@@H]1CN(c2cc(Nc3ccc(C4CC4)cc3)ncn2)CC[C@H]1N1CCc2ccccc2C1. The van der Waals surface area contributed by atoms with E-state index >= 15 is 0 Å². The fraction of sp³-hybridized carbons (Fsp3) is 0.407. The number of aromatic nitrogens is 2. The molecule has 6 nitrogen and oxygen atoms in total. The number of nitrogens with one attached hydrogen (secondary N) is 1. The average molecular weight is 442 g/mol. The van der Waals surface area contributed by atoms with Crippen LogP contribution in [0, 0.1) is 0 Å². The molecule has 2 atom stereocenters. The van der Waals surface area contributed by atoms with Crippen molar-refractivity contribution in [1.29, 1.82) is 0 Å². The Morgan fingerprint density at radius 3 is 2.52 bits per heavy atom. The minimum absolute atomic E-state index is 0.194. The number of aliphatic hydroxyl groups excluding tert-OH is 1. The number of benzene rings is 2. The molecule has 3 heterocycles. The Labute approximate surface area is 195 Å². The summed E-state index contributed by atoms with van der Waals surface area (Å²) < 4.78 is 0. The van der Waals surface area contributed by atoms with Crippen molar-refractivity contribution in [2.45, 2.75) is 50.3 Å². The highest BCUT2D eigenvalue weighted by molar-refractivity contribution is 5.60. The number of anilines is 3. The lowest BCUT2D eigenvalue weighted by Crippen LogP contribution is -2.55. The third kappa shape index (κ3) is 4.45. The van der Waals surface area contributed by atoms with Crippen molar-refractivity contribution < 1.29 is 5.11 Å². The molecular weight excluding hydrogens is 410 g/mol. The topological polar surface area (TPSA) is 64.5 Å². The molecule has 0 unspecified atom stereocenters. The second-order valence-electron chi connectivity index (χ2n) is 9.64. The summed E-state index contributed by atoms with van der Waals surface area (Å²) in [6.07, 6.45) is 5.83. The molecule has 1 saturated heterocycles. The van der Waals surface area contributed by atoms with Gasteiger partial charge in [0.2, 0.25) is 0 Å². The fourth-order valence-corrected chi connectivity index (χ4v) is 5.35. The number of β-amino-alcohol motifs (C(OH)–C–C–N with tert-alkyl or cyclic N) is 1. The van der Waals surface area contributed by atoms with Gasteiger partial charge in [-0.25, -0.2) is 9.97 Å². The van der Waals surface area contributed by atoms with Crippen LogP contribution in [0.5, 0.6) is 0 Å². The Hall–Kier alpha value is -2.96. The molecule has 6 heteroatoms. The van der Waals surface area contributed by atoms with E-state index in [1.54, 1.807) is 6.33 Å². The second kappa shape index (κ2) is 8.76. The molecule has 2 N–H and O–H groups in total. The van der Waals surface area contributed by atoms with E-state index in [0.717, 1.165) is 55.7 Å². The van der Waals surface area contributed by atoms with Crippen molar-refractivity contribution in [3.8, 4) is 0 Å². The average Bonchev–Trinajstić information content (AvgIpc) is 3.70. The van der Waals surface area contributed by atoms with Gasteiger partial charge >= 0.3 is 0 Å². The van der Waals surface area contributed by atoms with Gasteiger partial charge < -0.3 is 15.3 Å². The summed E-state index contributed by atoms with van der Waals surface area (Å²) in [5, 5.41) is 14.4. The Morgan fingerprint density at radius 1 is 0.909 bits per heavy atom. The third-order valence-corrected chi connectivity index (χ3v) is 7.38. The predicted molar refractivity (Wildman–Crippen MR) is 131 cm³/mol. The van der Waals surface area contributed by atoms with E-state index in [9.17, 15) is 5.11 Å². The van der Waals surface area contributed by atoms with Crippen LogP contribution in [0.25, 0.3) is 0 Å². The van der Waals surface area contributed by atoms with Gasteiger partial charge in [-0.05, 0) is 60.4 Å². The van der Waals surface area contributed by atoms with Gasteiger partial charge in [0.15, 0.2) is 0 Å². The zero-order valence-corrected chi connectivity index (χ0v) is 18.9. The van der Waals surface area contributed by atoms with Crippen LogP contribution < -0.4 is 10.2 Å². The molecule has 0 amide bonds. The van der Waals surface area contributed by atoms with Gasteiger partial charge in [-0.2, -0.15) is 0 Å². The highest BCUT2D eigenvalue weighted by atomic mass is 16.3. The Morgan fingerprint density at radius 2 is 1.73 bits per heavy atom. The van der Waals surface area contributed by atoms with E-state index in [0.29, 0.717) is 6.54 Å². The normalized spacial score (nSPS) is 23.2. The van der Waals surface area contributed by atoms with Crippen molar-refractivity contribution in [3.05, 3.63) is 77.6 Å². The predicted octanol–water partition coefficient (Wildman–Crippen LogP) is 4.10. The van der Waals surface area contributed by atoms with Crippen LogP contribution in [-0.4, -0.2) is 51.8 Å². The van der Waals surface area contributed by atoms with Gasteiger partial charge in [0.05, 0.1) is 6.10 Å². The largest absolute Gasteiger partial charge is 0.390 e. The van der Waals surface area contributed by atoms with Crippen LogP contribution in [0.3, 0.4) is 0 Å². The van der Waals surface area contributed by atoms with Crippen molar-refractivity contribution in [1.82, 2.24) is 14.9 Å². The Bertz CT molecular complexity index is 1110. The van der Waals surface area contributed by atoms with E-state index in [1.165, 1.54) is 29.5 Å². The fourth-order valence-electron chi connectivity index (χ4n) is 5.35. The van der Waals surface area contributed by atoms with E-state index in [2.05, 4.69) is 73.6 Å². The molecule has 1 aromatic heterocycles. The quantitative estimate of drug-likeness (QED) is 0.622. The van der Waals surface area contributed by atoms with Gasteiger partial charge in [0, 0.05) is 44.0 Å². The van der Waals surface area contributed by atoms with Gasteiger partial charge in [0.1, 0.15) is 18.0 Å². The molecule has 6 rings (SSSR count). The number of aliphatic hydroxyl groups is 1. The smallest absolute Gasteiger partial charge is 0.135 e. The highest BCUT2D eigenvalue weighted by Gasteiger charge is 2.34. The van der Waals surface area contributed by atoms with Crippen LogP contribution in [0.2, 0.25) is 0 Å². The maximum Gasteiger partial charge on any atom is 0.135 e. The number of piperidine rings is 1. The van der Waals surface area contributed by atoms with Gasteiger partial charge in [-0.3, -0.25) is 4.90 Å². The molecule has 170 valence electrons. The maximum atomic E-state index is 11.0. The van der Waals surface area contributed by atoms with Crippen LogP contribution >= 0.6 is 0 Å². The highest BCUT2D eigenvalue weighted by Crippen LogP contribution is 2.40. The molecule has 1 aliphatic carbocycles. The molecule has 1 saturated carbocycles. The van der Waals surface area contributed by atoms with Gasteiger partial charge in [0.25, 0.3) is 0 Å². The second-order valence-corrected chi connectivity index (χ2v) is 9.64. The van der Waals surface area contributed by atoms with Gasteiger partial charge in [-0.15, -0.1) is 0 Å². The van der Waals surface area contributed by atoms with Crippen molar-refractivity contribution in [2.75, 3.05) is 29.9 Å². The van der Waals surface area contributed by atoms with Crippen LogP contribution in [0.1, 0.15) is 41.9 Å². The Kier molecular flexibility index (Phi) is 5.48. The summed E-state index contributed by atoms with van der Waals surface area (Å²) in [6.45, 7) is 3.42. The summed E-state index contributed by atoms with van der Waals surface area (Å²) in [7, 11) is 0. The van der Waals surface area contributed by atoms with E-state index in [-0.39, 0.29) is 6.04 Å². The summed E-state index contributed by atoms with van der Waals surface area (Å²) in [5.41, 5.74) is 5.31. The lowest BCUT2D eigenvalue weighted by atomic mass is 9.94. The minimum atomic E-state index is -0.398. The number of nitrogens with zero attached hydrogens (tertiary/aromatic N) is 4. The first-order valence-corrected chi connectivity index (χ1v) is 12.2. The van der Waals surface area contributed by atoms with Crippen LogP contribution in [0.4, 0.5) is 17.3 Å². The maximum absolute atomic E-state index is 11.0. The van der Waals surface area contributed by atoms with Crippen molar-refractivity contribution in [3.63, 3.8) is 0 Å². The number of hydrogen-bond acceptors (Lipinski definition) is 6. The first-order valence-electron chi connectivity index (χ1n) is 12.2. The first-order chi connectivity index (χ1) is 16.2. The molecule has 2 fully saturated rings. The molecule has 2 aromatic carbocycles. The standard InChI is InChI=1S/C27H31N5O/c33-25-17-32(14-12-24(25)31-13-11-19-3-1-2-4-22(19)16-31)27-15-26(28-18-29-27)30-23-9-7-21(8-10-23)20-5-6-20/h1-4,7-10,15,18,20,24-25,33H,5-6,11-14,16-17H2,(H,28,29,30)/t24-,25-/m1/s1. The lowest BCUT2D eigenvalue weighted by Gasteiger charge is -2.43. The zero-order chi connectivity index (χ0) is 22.2. The summed E-state index contributed by atoms with van der Waals surface area (Å²) in [5.74, 6) is 2.41. The molecular formula is C27H31N5O. The molecule has 33 heavy (non-hydrogen) atoms. The molecule has 0 radical (unpaired) electrons. The summed E-state index contributed by atoms with van der Waals surface area (Å²) in [6, 6.07) is 19.5. The molecule has 0 spiro atoms. The summed E-state index contributed by atoms with van der Waals surface area (Å²) in [4.78, 5) is 13.6. The van der Waals surface area contributed by atoms with Crippen molar-refractivity contribution >= 4 is 17.3 Å².